The molecule has 3 aromatic rings. The van der Waals surface area contributed by atoms with Gasteiger partial charge in [0, 0.05) is 0 Å². The first-order chi connectivity index (χ1) is 10.4. The Labute approximate surface area is 127 Å². The summed E-state index contributed by atoms with van der Waals surface area (Å²) in [6.45, 7) is 13.7. The van der Waals surface area contributed by atoms with E-state index in [1.807, 2.05) is 12.1 Å². The van der Waals surface area contributed by atoms with Crippen LogP contribution in [-0.2, 0) is 12.1 Å². The molecule has 2 aromatic heterocycles. The average molecular weight is 296 g/mol. The number of rotatable bonds is 2. The Morgan fingerprint density at radius 3 is 2.68 bits per heavy atom. The average Bonchev–Trinajstić information content (AvgIpc) is 3.02. The Hall–Kier alpha value is -2.88. The molecule has 0 unspecified atom stereocenters. The van der Waals surface area contributed by atoms with Crippen LogP contribution in [0.2, 0.25) is 0 Å². The number of aromatic nitrogens is 4. The van der Waals surface area contributed by atoms with Crippen molar-refractivity contribution >= 4 is 16.9 Å². The largest absolute Gasteiger partial charge is 0.379 e. The normalized spacial score (nSPS) is 11.7. The molecule has 0 atom stereocenters. The summed E-state index contributed by atoms with van der Waals surface area (Å²) in [7, 11) is 0. The van der Waals surface area contributed by atoms with Crippen LogP contribution in [0.1, 0.15) is 26.3 Å². The first-order valence-corrected chi connectivity index (χ1v) is 6.84. The molecule has 22 heavy (non-hydrogen) atoms. The van der Waals surface area contributed by atoms with E-state index in [4.69, 9.17) is 12.3 Å². The molecule has 0 bridgehead atoms. The maximum atomic E-state index is 7.16. The number of anilines is 1. The molecule has 0 amide bonds. The molecule has 0 aliphatic rings. The molecule has 0 fully saturated rings. The Kier molecular flexibility index (Phi) is 3.10. The molecule has 2 heterocycles. The fraction of sp³-hybridized carbons (Fsp3) is 0.333. The van der Waals surface area contributed by atoms with Crippen molar-refractivity contribution in [2.45, 2.75) is 32.9 Å². The van der Waals surface area contributed by atoms with Gasteiger partial charge in [0.1, 0.15) is 0 Å². The molecule has 1 aromatic carbocycles. The molecule has 7 nitrogen and oxygen atoms in total. The molecule has 0 aliphatic heterocycles. The Morgan fingerprint density at radius 1 is 1.32 bits per heavy atom. The Balaban J connectivity index is 2.27. The summed E-state index contributed by atoms with van der Waals surface area (Å²) in [6.07, 6.45) is 0. The lowest BCUT2D eigenvalue weighted by Gasteiger charge is -2.18. The van der Waals surface area contributed by atoms with Crippen LogP contribution in [0.25, 0.3) is 27.4 Å². The van der Waals surface area contributed by atoms with Crippen LogP contribution >= 0.6 is 0 Å². The monoisotopic (exact) mass is 296 g/mol. The summed E-state index contributed by atoms with van der Waals surface area (Å²) in [5, 5.41) is 7.38. The molecular weight excluding hydrogens is 280 g/mol. The number of nitrogen functional groups attached to an aromatic ring is 1. The molecule has 0 aliphatic carbocycles. The van der Waals surface area contributed by atoms with Crippen molar-refractivity contribution in [3.05, 3.63) is 35.2 Å². The molecule has 112 valence electrons. The van der Waals surface area contributed by atoms with E-state index in [2.05, 4.69) is 51.6 Å². The lowest BCUT2D eigenvalue weighted by Crippen LogP contribution is -2.10. The maximum Gasteiger partial charge on any atom is 0.294 e. The van der Waals surface area contributed by atoms with Crippen LogP contribution in [0.4, 0.5) is 5.82 Å². The third-order valence-electron chi connectivity index (χ3n) is 3.55. The van der Waals surface area contributed by atoms with Crippen LogP contribution in [-0.4, -0.2) is 19.9 Å². The predicted octanol–water partition coefficient (Wildman–Crippen LogP) is 2.84. The third kappa shape index (κ3) is 2.19. The van der Waals surface area contributed by atoms with Crippen molar-refractivity contribution in [1.82, 2.24) is 19.9 Å². The fourth-order valence-corrected chi connectivity index (χ4v) is 2.34. The van der Waals surface area contributed by atoms with Gasteiger partial charge >= 0.3 is 0 Å². The summed E-state index contributed by atoms with van der Waals surface area (Å²) >= 11 is 0. The highest BCUT2D eigenvalue weighted by atomic mass is 16.6. The lowest BCUT2D eigenvalue weighted by atomic mass is 9.87. The van der Waals surface area contributed by atoms with Crippen molar-refractivity contribution in [1.29, 1.82) is 0 Å². The minimum atomic E-state index is 0.0202. The van der Waals surface area contributed by atoms with E-state index in [1.54, 1.807) is 4.57 Å². The van der Waals surface area contributed by atoms with Gasteiger partial charge in [-0.3, -0.25) is 9.41 Å². The van der Waals surface area contributed by atoms with E-state index in [1.165, 1.54) is 5.56 Å². The molecule has 0 radical (unpaired) electrons. The number of hydrogen-bond donors (Lipinski definition) is 1. The van der Waals surface area contributed by atoms with Crippen molar-refractivity contribution in [2.24, 2.45) is 0 Å². The van der Waals surface area contributed by atoms with Crippen molar-refractivity contribution in [3.8, 4) is 11.5 Å². The second-order valence-electron chi connectivity index (χ2n) is 6.11. The summed E-state index contributed by atoms with van der Waals surface area (Å²) in [5.41, 5.74) is 8.97. The second-order valence-corrected chi connectivity index (χ2v) is 6.11. The summed E-state index contributed by atoms with van der Waals surface area (Å²) in [5.74, 6) is 0.661. The number of nitrogens with zero attached hydrogens (tertiary/aromatic N) is 5. The van der Waals surface area contributed by atoms with Gasteiger partial charge in [-0.2, -0.15) is 0 Å². The Morgan fingerprint density at radius 2 is 2.09 bits per heavy atom. The van der Waals surface area contributed by atoms with Crippen LogP contribution in [0.15, 0.2) is 22.8 Å². The molecule has 0 saturated carbocycles. The van der Waals surface area contributed by atoms with Crippen molar-refractivity contribution < 1.29 is 4.63 Å². The number of hydrogen-bond acceptors (Lipinski definition) is 5. The van der Waals surface area contributed by atoms with Gasteiger partial charge in [0.2, 0.25) is 0 Å². The van der Waals surface area contributed by atoms with Gasteiger partial charge in [0.25, 0.3) is 6.67 Å². The first-order valence-electron chi connectivity index (χ1n) is 6.84. The number of nitrogens with two attached hydrogens (primary N) is 1. The Bertz CT molecular complexity index is 878. The predicted molar refractivity (Wildman–Crippen MR) is 82.7 cm³/mol. The molecule has 3 rings (SSSR count). The minimum Gasteiger partial charge on any atom is -0.379 e. The van der Waals surface area contributed by atoms with E-state index < -0.39 is 0 Å². The minimum absolute atomic E-state index is 0.0202. The number of imidazole rings is 1. The fourth-order valence-electron chi connectivity index (χ4n) is 2.34. The lowest BCUT2D eigenvalue weighted by molar-refractivity contribution is 0.310. The van der Waals surface area contributed by atoms with E-state index >= 15 is 0 Å². The van der Waals surface area contributed by atoms with Gasteiger partial charge in [-0.25, -0.2) is 16.2 Å². The van der Waals surface area contributed by atoms with Crippen LogP contribution in [0, 0.1) is 6.57 Å². The second kappa shape index (κ2) is 4.84. The van der Waals surface area contributed by atoms with Crippen LogP contribution < -0.4 is 5.73 Å². The maximum absolute atomic E-state index is 7.16. The SMILES string of the molecule is [C-]#[N+]Cn1c(-c2nonc2N)nc2cc(C(C)(C)C)ccc21. The molecule has 0 saturated heterocycles. The molecule has 2 N–H and O–H groups in total. The topological polar surface area (TPSA) is 87.1 Å². The summed E-state index contributed by atoms with van der Waals surface area (Å²) in [4.78, 5) is 8.04. The first kappa shape index (κ1) is 14.1. The van der Waals surface area contributed by atoms with Gasteiger partial charge in [0.05, 0.1) is 11.0 Å². The summed E-state index contributed by atoms with van der Waals surface area (Å²) in [6, 6.07) is 6.06. The van der Waals surface area contributed by atoms with E-state index in [-0.39, 0.29) is 17.9 Å². The van der Waals surface area contributed by atoms with Crippen LogP contribution in [0.3, 0.4) is 0 Å². The van der Waals surface area contributed by atoms with Gasteiger partial charge < -0.3 is 5.73 Å². The highest BCUT2D eigenvalue weighted by Gasteiger charge is 2.22. The van der Waals surface area contributed by atoms with Gasteiger partial charge in [0.15, 0.2) is 17.3 Å². The summed E-state index contributed by atoms with van der Waals surface area (Å²) < 4.78 is 6.42. The van der Waals surface area contributed by atoms with Gasteiger partial charge in [-0.15, -0.1) is 0 Å². The number of benzene rings is 1. The molecular formula is C15H16N6O. The zero-order valence-electron chi connectivity index (χ0n) is 12.7. The van der Waals surface area contributed by atoms with E-state index in [0.717, 1.165) is 11.0 Å². The van der Waals surface area contributed by atoms with Gasteiger partial charge in [-0.05, 0) is 33.4 Å². The van der Waals surface area contributed by atoms with Gasteiger partial charge in [-0.1, -0.05) is 26.8 Å². The van der Waals surface area contributed by atoms with E-state index in [9.17, 15) is 0 Å². The smallest absolute Gasteiger partial charge is 0.294 e. The highest BCUT2D eigenvalue weighted by Crippen LogP contribution is 2.30. The standard InChI is InChI=1S/C15H16N6O/c1-15(2,3)9-5-6-11-10(7-9)18-14(21(11)8-17-4)12-13(16)20-22-19-12/h5-7H,8H2,1-3H3,(H2,16,20). The van der Waals surface area contributed by atoms with Crippen LogP contribution in [0.5, 0.6) is 0 Å². The number of fused-ring (bicyclic) bond motifs is 1. The third-order valence-corrected chi connectivity index (χ3v) is 3.55. The zero-order chi connectivity index (χ0) is 15.9. The zero-order valence-corrected chi connectivity index (χ0v) is 12.7. The molecule has 0 spiro atoms. The van der Waals surface area contributed by atoms with Crippen molar-refractivity contribution in [2.75, 3.05) is 5.73 Å². The quantitative estimate of drug-likeness (QED) is 0.735. The highest BCUT2D eigenvalue weighted by molar-refractivity contribution is 5.82. The van der Waals surface area contributed by atoms with Crippen molar-refractivity contribution in [3.63, 3.8) is 0 Å². The van der Waals surface area contributed by atoms with E-state index in [0.29, 0.717) is 11.5 Å². The molecule has 7 heteroatoms.